The average molecular weight is 290 g/mol. The van der Waals surface area contributed by atoms with E-state index >= 15 is 0 Å². The lowest BCUT2D eigenvalue weighted by atomic mass is 10.2. The van der Waals surface area contributed by atoms with Crippen molar-refractivity contribution in [2.24, 2.45) is 0 Å². The van der Waals surface area contributed by atoms with Crippen molar-refractivity contribution in [2.45, 2.75) is 13.5 Å². The van der Waals surface area contributed by atoms with E-state index in [4.69, 9.17) is 13.9 Å². The summed E-state index contributed by atoms with van der Waals surface area (Å²) < 4.78 is 15.4. The maximum Gasteiger partial charge on any atom is 0.360 e. The Kier molecular flexibility index (Phi) is 4.81. The first-order chi connectivity index (χ1) is 10.1. The molecule has 6 nitrogen and oxygen atoms in total. The third kappa shape index (κ3) is 3.75. The lowest BCUT2D eigenvalue weighted by Gasteiger charge is -2.14. The number of hydrogen-bond donors (Lipinski definition) is 0. The maximum absolute atomic E-state index is 11.5. The molecular formula is C15H18N2O4. The van der Waals surface area contributed by atoms with E-state index in [0.29, 0.717) is 19.2 Å². The van der Waals surface area contributed by atoms with Gasteiger partial charge in [0.25, 0.3) is 6.01 Å². The summed E-state index contributed by atoms with van der Waals surface area (Å²) in [7, 11) is 3.46. The number of oxazole rings is 1. The minimum atomic E-state index is -0.484. The topological polar surface area (TPSA) is 64.8 Å². The number of methoxy groups -OCH3 is 1. The van der Waals surface area contributed by atoms with E-state index in [1.54, 1.807) is 18.9 Å². The van der Waals surface area contributed by atoms with Gasteiger partial charge >= 0.3 is 5.97 Å². The Morgan fingerprint density at radius 2 is 2.24 bits per heavy atom. The smallest absolute Gasteiger partial charge is 0.360 e. The lowest BCUT2D eigenvalue weighted by molar-refractivity contribution is 0.0519. The number of carbonyl (C=O) groups excluding carboxylic acids is 1. The Hall–Kier alpha value is -2.50. The molecule has 0 saturated carbocycles. The quantitative estimate of drug-likeness (QED) is 0.762. The summed E-state index contributed by atoms with van der Waals surface area (Å²) in [5.41, 5.74) is 1.22. The van der Waals surface area contributed by atoms with Crippen molar-refractivity contribution in [3.8, 4) is 5.75 Å². The molecule has 2 rings (SSSR count). The maximum atomic E-state index is 11.5. The summed E-state index contributed by atoms with van der Waals surface area (Å²) in [5, 5.41) is 0. The van der Waals surface area contributed by atoms with Crippen LogP contribution in [0.1, 0.15) is 23.0 Å². The number of esters is 1. The molecule has 0 spiro atoms. The minimum absolute atomic E-state index is 0.171. The fraction of sp³-hybridized carbons (Fsp3) is 0.333. The van der Waals surface area contributed by atoms with Gasteiger partial charge in [0, 0.05) is 13.6 Å². The number of anilines is 1. The van der Waals surface area contributed by atoms with E-state index in [1.807, 2.05) is 31.3 Å². The molecule has 1 aromatic heterocycles. The number of carbonyl (C=O) groups is 1. The van der Waals surface area contributed by atoms with Gasteiger partial charge in [0.15, 0.2) is 5.69 Å². The molecule has 0 atom stereocenters. The fourth-order valence-corrected chi connectivity index (χ4v) is 1.85. The van der Waals surface area contributed by atoms with Crippen LogP contribution in [-0.4, -0.2) is 31.7 Å². The van der Waals surface area contributed by atoms with Crippen LogP contribution >= 0.6 is 0 Å². The number of benzene rings is 1. The Morgan fingerprint density at radius 3 is 2.95 bits per heavy atom. The van der Waals surface area contributed by atoms with Gasteiger partial charge in [-0.15, -0.1) is 0 Å². The molecule has 1 heterocycles. The van der Waals surface area contributed by atoms with Gasteiger partial charge in [-0.3, -0.25) is 0 Å². The third-order valence-electron chi connectivity index (χ3n) is 2.86. The van der Waals surface area contributed by atoms with Crippen molar-refractivity contribution >= 4 is 12.0 Å². The van der Waals surface area contributed by atoms with E-state index in [-0.39, 0.29) is 5.69 Å². The van der Waals surface area contributed by atoms with Crippen molar-refractivity contribution in [1.29, 1.82) is 0 Å². The van der Waals surface area contributed by atoms with E-state index in [0.717, 1.165) is 11.3 Å². The summed E-state index contributed by atoms with van der Waals surface area (Å²) in [5.74, 6) is 0.308. The molecule has 6 heteroatoms. The van der Waals surface area contributed by atoms with Crippen LogP contribution in [0.5, 0.6) is 5.75 Å². The summed E-state index contributed by atoms with van der Waals surface area (Å²) in [6, 6.07) is 8.08. The molecular weight excluding hydrogens is 272 g/mol. The zero-order chi connectivity index (χ0) is 15.2. The molecule has 21 heavy (non-hydrogen) atoms. The molecule has 0 amide bonds. The second-order valence-electron chi connectivity index (χ2n) is 4.44. The highest BCUT2D eigenvalue weighted by molar-refractivity contribution is 5.87. The van der Waals surface area contributed by atoms with Gasteiger partial charge in [-0.2, -0.15) is 4.98 Å². The summed E-state index contributed by atoms with van der Waals surface area (Å²) in [6.45, 7) is 2.63. The predicted octanol–water partition coefficient (Wildman–Crippen LogP) is 2.50. The lowest BCUT2D eigenvalue weighted by Crippen LogP contribution is -2.17. The minimum Gasteiger partial charge on any atom is -0.497 e. The van der Waals surface area contributed by atoms with Crippen molar-refractivity contribution in [3.05, 3.63) is 41.8 Å². The highest BCUT2D eigenvalue weighted by Gasteiger charge is 2.15. The molecule has 0 aliphatic carbocycles. The molecule has 0 bridgehead atoms. The van der Waals surface area contributed by atoms with Crippen LogP contribution in [0.3, 0.4) is 0 Å². The van der Waals surface area contributed by atoms with Gasteiger partial charge < -0.3 is 18.8 Å². The predicted molar refractivity (Wildman–Crippen MR) is 77.6 cm³/mol. The number of rotatable bonds is 6. The monoisotopic (exact) mass is 290 g/mol. The molecule has 2 aromatic rings. The Balaban J connectivity index is 2.06. The Bertz CT molecular complexity index is 609. The second kappa shape index (κ2) is 6.78. The second-order valence-corrected chi connectivity index (χ2v) is 4.44. The summed E-state index contributed by atoms with van der Waals surface area (Å²) in [4.78, 5) is 17.5. The van der Waals surface area contributed by atoms with Gasteiger partial charge in [-0.25, -0.2) is 4.79 Å². The van der Waals surface area contributed by atoms with Crippen molar-refractivity contribution in [3.63, 3.8) is 0 Å². The van der Waals surface area contributed by atoms with Crippen LogP contribution in [0.4, 0.5) is 6.01 Å². The van der Waals surface area contributed by atoms with Crippen LogP contribution in [0, 0.1) is 0 Å². The van der Waals surface area contributed by atoms with Crippen LogP contribution in [0.15, 0.2) is 34.9 Å². The number of hydrogen-bond acceptors (Lipinski definition) is 6. The molecule has 0 unspecified atom stereocenters. The first-order valence-corrected chi connectivity index (χ1v) is 6.60. The summed E-state index contributed by atoms with van der Waals surface area (Å²) >= 11 is 0. The van der Waals surface area contributed by atoms with Crippen molar-refractivity contribution < 1.29 is 18.7 Å². The number of ether oxygens (including phenoxy) is 2. The van der Waals surface area contributed by atoms with Gasteiger partial charge in [0.2, 0.25) is 0 Å². The zero-order valence-corrected chi connectivity index (χ0v) is 12.3. The molecule has 0 aliphatic rings. The van der Waals surface area contributed by atoms with Crippen LogP contribution in [-0.2, 0) is 11.3 Å². The Labute approximate surface area is 123 Å². The molecule has 0 aliphatic heterocycles. The van der Waals surface area contributed by atoms with E-state index in [9.17, 15) is 4.79 Å². The van der Waals surface area contributed by atoms with Crippen LogP contribution < -0.4 is 9.64 Å². The standard InChI is InChI=1S/C15H18N2O4/c1-4-20-14(18)13-10-21-15(16-13)17(2)9-11-6-5-7-12(8-11)19-3/h5-8,10H,4,9H2,1-3H3. The van der Waals surface area contributed by atoms with Crippen molar-refractivity contribution in [2.75, 3.05) is 25.7 Å². The highest BCUT2D eigenvalue weighted by Crippen LogP contribution is 2.18. The van der Waals surface area contributed by atoms with E-state index < -0.39 is 5.97 Å². The molecule has 0 N–H and O–H groups in total. The van der Waals surface area contributed by atoms with Crippen LogP contribution in [0.25, 0.3) is 0 Å². The normalized spacial score (nSPS) is 10.2. The Morgan fingerprint density at radius 1 is 1.43 bits per heavy atom. The molecule has 0 radical (unpaired) electrons. The first-order valence-electron chi connectivity index (χ1n) is 6.60. The molecule has 0 fully saturated rings. The SMILES string of the molecule is CCOC(=O)c1coc(N(C)Cc2cccc(OC)c2)n1. The third-order valence-corrected chi connectivity index (χ3v) is 2.86. The number of nitrogens with zero attached hydrogens (tertiary/aromatic N) is 2. The molecule has 0 saturated heterocycles. The van der Waals surface area contributed by atoms with Crippen molar-refractivity contribution in [1.82, 2.24) is 4.98 Å². The summed E-state index contributed by atoms with van der Waals surface area (Å²) in [6.07, 6.45) is 1.30. The first kappa shape index (κ1) is 14.9. The van der Waals surface area contributed by atoms with Gasteiger partial charge in [0.1, 0.15) is 12.0 Å². The average Bonchev–Trinajstić information content (AvgIpc) is 2.98. The fourth-order valence-electron chi connectivity index (χ4n) is 1.85. The van der Waals surface area contributed by atoms with Crippen LogP contribution in [0.2, 0.25) is 0 Å². The zero-order valence-electron chi connectivity index (χ0n) is 12.3. The van der Waals surface area contributed by atoms with Gasteiger partial charge in [-0.1, -0.05) is 12.1 Å². The van der Waals surface area contributed by atoms with Gasteiger partial charge in [-0.05, 0) is 24.6 Å². The van der Waals surface area contributed by atoms with Gasteiger partial charge in [0.05, 0.1) is 13.7 Å². The van der Waals surface area contributed by atoms with E-state index in [1.165, 1.54) is 6.26 Å². The molecule has 112 valence electrons. The largest absolute Gasteiger partial charge is 0.497 e. The number of aromatic nitrogens is 1. The molecule has 1 aromatic carbocycles. The van der Waals surface area contributed by atoms with E-state index in [2.05, 4.69) is 4.98 Å². The highest BCUT2D eigenvalue weighted by atomic mass is 16.5.